The highest BCUT2D eigenvalue weighted by molar-refractivity contribution is 7.78. The molecule has 2 heterocycles. The fraction of sp³-hybridized carbons (Fsp3) is 0.233. The maximum atomic E-state index is 13.6. The van der Waals surface area contributed by atoms with E-state index in [0.717, 1.165) is 17.2 Å². The number of nitrogens with one attached hydrogen (secondary N) is 1. The number of halogens is 4. The summed E-state index contributed by atoms with van der Waals surface area (Å²) < 4.78 is 57.1. The number of alkyl halides is 3. The number of allylic oxidation sites excluding steroid dienone is 3. The maximum Gasteiger partial charge on any atom is 0.433 e. The number of hydrogen-bond acceptors (Lipinski definition) is 6. The first-order chi connectivity index (χ1) is 19.1. The van der Waals surface area contributed by atoms with Crippen LogP contribution < -0.4 is 10.5 Å². The van der Waals surface area contributed by atoms with Gasteiger partial charge in [0.1, 0.15) is 11.5 Å². The molecule has 3 aromatic rings. The first kappa shape index (κ1) is 29.2. The zero-order valence-corrected chi connectivity index (χ0v) is 22.7. The molecule has 0 saturated carbocycles. The van der Waals surface area contributed by atoms with Gasteiger partial charge in [0.2, 0.25) is 0 Å². The number of aliphatic imine (C=N–C) groups is 1. The fourth-order valence-electron chi connectivity index (χ4n) is 4.95. The van der Waals surface area contributed by atoms with Crippen molar-refractivity contribution in [3.8, 4) is 0 Å². The number of nitrogens with zero attached hydrogens (tertiary/aromatic N) is 3. The third kappa shape index (κ3) is 6.51. The zero-order chi connectivity index (χ0) is 28.9. The van der Waals surface area contributed by atoms with E-state index in [4.69, 9.17) is 10.7 Å². The fourth-order valence-corrected chi connectivity index (χ4v) is 5.06. The summed E-state index contributed by atoms with van der Waals surface area (Å²) in [4.78, 5) is 12.8. The van der Waals surface area contributed by atoms with E-state index in [1.165, 1.54) is 24.5 Å². The van der Waals surface area contributed by atoms with Crippen LogP contribution in [0.2, 0.25) is 0 Å². The van der Waals surface area contributed by atoms with Crippen molar-refractivity contribution >= 4 is 29.8 Å². The van der Waals surface area contributed by atoms with Gasteiger partial charge in [-0.25, -0.2) is 9.38 Å². The first-order valence-corrected chi connectivity index (χ1v) is 13.0. The van der Waals surface area contributed by atoms with Gasteiger partial charge in [-0.15, -0.1) is 0 Å². The normalized spacial score (nSPS) is 19.6. The van der Waals surface area contributed by atoms with Crippen LogP contribution in [0.1, 0.15) is 35.4 Å². The molecule has 1 aliphatic rings. The minimum Gasteiger partial charge on any atom is -0.404 e. The smallest absolute Gasteiger partial charge is 0.404 e. The number of hydrogen-bond donors (Lipinski definition) is 3. The minimum atomic E-state index is -4.59. The molecule has 1 unspecified atom stereocenters. The Labute approximate surface area is 236 Å². The maximum absolute atomic E-state index is 13.6. The van der Waals surface area contributed by atoms with Gasteiger partial charge in [-0.05, 0) is 109 Å². The molecule has 0 bridgehead atoms. The molecule has 0 radical (unpaired) electrons. The molecule has 1 aromatic carbocycles. The van der Waals surface area contributed by atoms with E-state index in [1.54, 1.807) is 24.4 Å². The first-order valence-electron chi connectivity index (χ1n) is 12.5. The third-order valence-corrected chi connectivity index (χ3v) is 7.18. The molecule has 0 spiro atoms. The second kappa shape index (κ2) is 12.2. The van der Waals surface area contributed by atoms with Gasteiger partial charge in [-0.3, -0.25) is 14.7 Å². The summed E-state index contributed by atoms with van der Waals surface area (Å²) in [6, 6.07) is 12.2. The lowest BCUT2D eigenvalue weighted by atomic mass is 9.61. The van der Waals surface area contributed by atoms with E-state index in [9.17, 15) is 17.6 Å². The second-order valence-electron chi connectivity index (χ2n) is 9.67. The van der Waals surface area contributed by atoms with Crippen molar-refractivity contribution in [3.63, 3.8) is 0 Å². The van der Waals surface area contributed by atoms with Crippen LogP contribution in [-0.4, -0.2) is 22.2 Å². The van der Waals surface area contributed by atoms with Gasteiger partial charge in [0, 0.05) is 24.4 Å². The van der Waals surface area contributed by atoms with Crippen LogP contribution in [0.25, 0.3) is 5.57 Å². The SMILES string of the molecule is C=C(c1cc(C)ccn1)C1(Cc2ccnc(C(F)(F)F)c2)CC(=CN)C(=Nc2ccc(F)cc2)C=C1CCNS. The van der Waals surface area contributed by atoms with Crippen LogP contribution in [0.15, 0.2) is 95.9 Å². The predicted molar refractivity (Wildman–Crippen MR) is 153 cm³/mol. The summed E-state index contributed by atoms with van der Waals surface area (Å²) in [5, 5.41) is 0. The number of pyridine rings is 2. The molecule has 2 aromatic heterocycles. The van der Waals surface area contributed by atoms with Gasteiger partial charge in [0.25, 0.3) is 0 Å². The Morgan fingerprint density at radius 2 is 1.88 bits per heavy atom. The van der Waals surface area contributed by atoms with Crippen molar-refractivity contribution in [1.82, 2.24) is 14.7 Å². The highest BCUT2D eigenvalue weighted by Gasteiger charge is 2.43. The molecule has 40 heavy (non-hydrogen) atoms. The van der Waals surface area contributed by atoms with Crippen molar-refractivity contribution in [3.05, 3.63) is 119 Å². The Kier molecular flexibility index (Phi) is 8.90. The van der Waals surface area contributed by atoms with Crippen molar-refractivity contribution < 1.29 is 17.6 Å². The van der Waals surface area contributed by atoms with Gasteiger partial charge in [0.05, 0.1) is 17.1 Å². The standard InChI is InChI=1S/C30H29F4N5S/c1-19-7-10-36-26(13-19)20(2)29(16-21-8-11-37-28(14-21)30(32,33)34)17-22(18-35)27(15-23(29)9-12-38-40)39-25-5-3-24(31)4-6-25/h3-8,10-11,13-15,18,38,40H,2,9,12,16-17,35H2,1H3. The highest BCUT2D eigenvalue weighted by atomic mass is 32.1. The van der Waals surface area contributed by atoms with Gasteiger partial charge < -0.3 is 5.73 Å². The summed E-state index contributed by atoms with van der Waals surface area (Å²) in [6.07, 6.45) is 2.59. The van der Waals surface area contributed by atoms with Crippen LogP contribution >= 0.6 is 12.8 Å². The molecule has 0 fully saturated rings. The number of benzene rings is 1. The Balaban J connectivity index is 1.93. The lowest BCUT2D eigenvalue weighted by Gasteiger charge is -2.42. The van der Waals surface area contributed by atoms with E-state index in [2.05, 4.69) is 34.1 Å². The molecule has 0 aliphatic heterocycles. The third-order valence-electron chi connectivity index (χ3n) is 6.95. The van der Waals surface area contributed by atoms with E-state index < -0.39 is 17.3 Å². The summed E-state index contributed by atoms with van der Waals surface area (Å²) >= 11 is 4.16. The van der Waals surface area contributed by atoms with Crippen molar-refractivity contribution in [2.24, 2.45) is 16.1 Å². The lowest BCUT2D eigenvalue weighted by Crippen LogP contribution is -2.35. The zero-order valence-electron chi connectivity index (χ0n) is 21.8. The summed E-state index contributed by atoms with van der Waals surface area (Å²) in [6.45, 7) is 6.85. The molecule has 1 aliphatic carbocycles. The molecule has 0 saturated heterocycles. The van der Waals surface area contributed by atoms with E-state index in [-0.39, 0.29) is 12.2 Å². The van der Waals surface area contributed by atoms with E-state index >= 15 is 0 Å². The predicted octanol–water partition coefficient (Wildman–Crippen LogP) is 6.96. The molecule has 1 atom stereocenters. The highest BCUT2D eigenvalue weighted by Crippen LogP contribution is 2.51. The van der Waals surface area contributed by atoms with Gasteiger partial charge in [-0.2, -0.15) is 13.2 Å². The Hall–Kier alpha value is -3.76. The Morgan fingerprint density at radius 3 is 2.52 bits per heavy atom. The number of thiol groups is 1. The van der Waals surface area contributed by atoms with Crippen molar-refractivity contribution in [2.75, 3.05) is 6.54 Å². The molecule has 3 N–H and O–H groups in total. The average molecular weight is 568 g/mol. The van der Waals surface area contributed by atoms with Crippen molar-refractivity contribution in [1.29, 1.82) is 0 Å². The monoisotopic (exact) mass is 567 g/mol. The van der Waals surface area contributed by atoms with Crippen LogP contribution in [-0.2, 0) is 12.6 Å². The molecule has 0 amide bonds. The number of aryl methyl sites for hydroxylation is 1. The van der Waals surface area contributed by atoms with Crippen LogP contribution in [0, 0.1) is 18.2 Å². The molecular weight excluding hydrogens is 538 g/mol. The van der Waals surface area contributed by atoms with E-state index in [0.29, 0.717) is 53.2 Å². The summed E-state index contributed by atoms with van der Waals surface area (Å²) in [5.41, 5.74) is 9.61. The summed E-state index contributed by atoms with van der Waals surface area (Å²) in [5.74, 6) is -0.380. The van der Waals surface area contributed by atoms with Crippen molar-refractivity contribution in [2.45, 2.75) is 32.4 Å². The minimum absolute atomic E-state index is 0.187. The van der Waals surface area contributed by atoms with Crippen LogP contribution in [0.4, 0.5) is 23.2 Å². The van der Waals surface area contributed by atoms with Crippen LogP contribution in [0.3, 0.4) is 0 Å². The molecule has 208 valence electrons. The number of rotatable bonds is 8. The average Bonchev–Trinajstić information content (AvgIpc) is 2.93. The lowest BCUT2D eigenvalue weighted by molar-refractivity contribution is -0.141. The molecule has 10 heteroatoms. The Bertz CT molecular complexity index is 1480. The molecule has 5 nitrogen and oxygen atoms in total. The number of aromatic nitrogens is 2. The Morgan fingerprint density at radius 1 is 1.15 bits per heavy atom. The van der Waals surface area contributed by atoms with Gasteiger partial charge in [0.15, 0.2) is 0 Å². The molecule has 4 rings (SSSR count). The number of nitrogens with two attached hydrogens (primary N) is 1. The van der Waals surface area contributed by atoms with Gasteiger partial charge >= 0.3 is 6.18 Å². The topological polar surface area (TPSA) is 76.2 Å². The second-order valence-corrected chi connectivity index (χ2v) is 9.99. The summed E-state index contributed by atoms with van der Waals surface area (Å²) in [7, 11) is 0. The van der Waals surface area contributed by atoms with Gasteiger partial charge in [-0.1, -0.05) is 25.0 Å². The molecular formula is C30H29F4N5S. The van der Waals surface area contributed by atoms with Crippen LogP contribution in [0.5, 0.6) is 0 Å². The quantitative estimate of drug-likeness (QED) is 0.203. The van der Waals surface area contributed by atoms with E-state index in [1.807, 2.05) is 25.1 Å². The largest absolute Gasteiger partial charge is 0.433 e.